The topological polar surface area (TPSA) is 12.0 Å². The summed E-state index contributed by atoms with van der Waals surface area (Å²) >= 11 is 4.07. The molecule has 0 spiro atoms. The third-order valence-corrected chi connectivity index (χ3v) is 5.39. The lowest BCUT2D eigenvalue weighted by atomic mass is 10.2. The fourth-order valence-corrected chi connectivity index (χ4v) is 4.03. The zero-order valence-electron chi connectivity index (χ0n) is 9.29. The zero-order valence-corrected chi connectivity index (χ0v) is 10.9. The van der Waals surface area contributed by atoms with Crippen LogP contribution < -0.4 is 5.32 Å². The largest absolute Gasteiger partial charge is 0.311 e. The third kappa shape index (κ3) is 3.51. The monoisotopic (exact) mass is 241 g/mol. The van der Waals surface area contributed by atoms with Gasteiger partial charge >= 0.3 is 0 Å². The Labute approximate surface area is 101 Å². The molecule has 1 N–H and O–H groups in total. The molecule has 0 radical (unpaired) electrons. The summed E-state index contributed by atoms with van der Waals surface area (Å²) in [5.41, 5.74) is 0. The van der Waals surface area contributed by atoms with Gasteiger partial charge in [0.25, 0.3) is 0 Å². The van der Waals surface area contributed by atoms with Crippen LogP contribution in [-0.2, 0) is 13.0 Å². The van der Waals surface area contributed by atoms with Crippen LogP contribution in [0.15, 0.2) is 12.1 Å². The summed E-state index contributed by atoms with van der Waals surface area (Å²) in [7, 11) is 0. The molecule has 1 aliphatic rings. The summed E-state index contributed by atoms with van der Waals surface area (Å²) in [5, 5.41) is 4.44. The van der Waals surface area contributed by atoms with Gasteiger partial charge in [-0.05, 0) is 37.1 Å². The Bertz CT molecular complexity index is 290. The van der Waals surface area contributed by atoms with E-state index in [1.54, 1.807) is 0 Å². The molecule has 2 heterocycles. The molecule has 0 bridgehead atoms. The summed E-state index contributed by atoms with van der Waals surface area (Å²) in [4.78, 5) is 2.98. The third-order valence-electron chi connectivity index (χ3n) is 2.76. The second kappa shape index (κ2) is 5.92. The van der Waals surface area contributed by atoms with Crippen LogP contribution in [0.2, 0.25) is 0 Å². The minimum atomic E-state index is 0.871. The van der Waals surface area contributed by atoms with Gasteiger partial charge in [0, 0.05) is 28.1 Å². The van der Waals surface area contributed by atoms with E-state index in [2.05, 4.69) is 36.1 Å². The van der Waals surface area contributed by atoms with Gasteiger partial charge < -0.3 is 5.32 Å². The second-order valence-corrected chi connectivity index (χ2v) is 6.65. The van der Waals surface area contributed by atoms with E-state index in [1.807, 2.05) is 11.3 Å². The van der Waals surface area contributed by atoms with Crippen LogP contribution in [0.4, 0.5) is 0 Å². The predicted molar refractivity (Wildman–Crippen MR) is 70.9 cm³/mol. The molecule has 0 amide bonds. The Morgan fingerprint density at radius 1 is 1.40 bits per heavy atom. The maximum absolute atomic E-state index is 3.57. The van der Waals surface area contributed by atoms with Crippen LogP contribution in [0.3, 0.4) is 0 Å². The number of thioether (sulfide) groups is 1. The van der Waals surface area contributed by atoms with E-state index in [9.17, 15) is 0 Å². The van der Waals surface area contributed by atoms with Gasteiger partial charge in [-0.1, -0.05) is 6.92 Å². The van der Waals surface area contributed by atoms with Crippen molar-refractivity contribution >= 4 is 23.1 Å². The van der Waals surface area contributed by atoms with Crippen molar-refractivity contribution in [2.24, 2.45) is 0 Å². The number of hydrogen-bond acceptors (Lipinski definition) is 3. The summed E-state index contributed by atoms with van der Waals surface area (Å²) in [6.45, 7) is 4.46. The maximum Gasteiger partial charge on any atom is 0.0300 e. The highest BCUT2D eigenvalue weighted by atomic mass is 32.2. The van der Waals surface area contributed by atoms with Gasteiger partial charge in [0.2, 0.25) is 0 Å². The van der Waals surface area contributed by atoms with Crippen molar-refractivity contribution < 1.29 is 0 Å². The Hall–Kier alpha value is 0.01000. The van der Waals surface area contributed by atoms with Gasteiger partial charge in [0.15, 0.2) is 0 Å². The van der Waals surface area contributed by atoms with Crippen LogP contribution in [-0.4, -0.2) is 17.5 Å². The molecule has 0 aromatic carbocycles. The summed E-state index contributed by atoms with van der Waals surface area (Å²) in [5.74, 6) is 1.37. The fourth-order valence-electron chi connectivity index (χ4n) is 1.87. The number of hydrogen-bond donors (Lipinski definition) is 1. The van der Waals surface area contributed by atoms with Gasteiger partial charge in [0.05, 0.1) is 0 Å². The predicted octanol–water partition coefficient (Wildman–Crippen LogP) is 3.30. The molecule has 1 nitrogen and oxygen atoms in total. The van der Waals surface area contributed by atoms with Crippen LogP contribution in [0.5, 0.6) is 0 Å². The molecule has 1 aliphatic heterocycles. The van der Waals surface area contributed by atoms with E-state index < -0.39 is 0 Å². The summed E-state index contributed by atoms with van der Waals surface area (Å²) in [6.07, 6.45) is 3.99. The Balaban J connectivity index is 1.68. The number of aryl methyl sites for hydroxylation is 1. The van der Waals surface area contributed by atoms with Crippen molar-refractivity contribution in [2.45, 2.75) is 38.0 Å². The fraction of sp³-hybridized carbons (Fsp3) is 0.667. The van der Waals surface area contributed by atoms with Crippen molar-refractivity contribution in [2.75, 3.05) is 12.3 Å². The molecular weight excluding hydrogens is 222 g/mol. The molecule has 1 fully saturated rings. The maximum atomic E-state index is 3.57. The summed E-state index contributed by atoms with van der Waals surface area (Å²) in [6, 6.07) is 4.52. The van der Waals surface area contributed by atoms with Crippen LogP contribution in [0, 0.1) is 0 Å². The van der Waals surface area contributed by atoms with Crippen LogP contribution in [0.25, 0.3) is 0 Å². The van der Waals surface area contributed by atoms with Crippen LogP contribution in [0.1, 0.15) is 29.5 Å². The van der Waals surface area contributed by atoms with Crippen molar-refractivity contribution in [3.63, 3.8) is 0 Å². The molecule has 1 aromatic heterocycles. The highest BCUT2D eigenvalue weighted by molar-refractivity contribution is 8.00. The number of thiophene rings is 1. The highest BCUT2D eigenvalue weighted by Gasteiger charge is 2.14. The molecule has 1 saturated heterocycles. The molecule has 1 atom stereocenters. The first-order valence-corrected chi connectivity index (χ1v) is 7.65. The van der Waals surface area contributed by atoms with Gasteiger partial charge in [-0.2, -0.15) is 11.8 Å². The molecule has 2 rings (SSSR count). The van der Waals surface area contributed by atoms with Gasteiger partial charge in [0.1, 0.15) is 0 Å². The molecule has 0 aliphatic carbocycles. The van der Waals surface area contributed by atoms with Crippen molar-refractivity contribution in [1.82, 2.24) is 5.32 Å². The van der Waals surface area contributed by atoms with Crippen molar-refractivity contribution in [3.05, 3.63) is 21.9 Å². The first-order chi connectivity index (χ1) is 7.38. The number of nitrogens with one attached hydrogen (secondary N) is 1. The van der Waals surface area contributed by atoms with E-state index >= 15 is 0 Å². The minimum absolute atomic E-state index is 0.871. The summed E-state index contributed by atoms with van der Waals surface area (Å²) < 4.78 is 0. The van der Waals surface area contributed by atoms with Crippen molar-refractivity contribution in [1.29, 1.82) is 0 Å². The Morgan fingerprint density at radius 2 is 2.27 bits per heavy atom. The Kier molecular flexibility index (Phi) is 4.54. The second-order valence-electron chi connectivity index (χ2n) is 3.99. The molecular formula is C12H19NS2. The molecule has 15 heavy (non-hydrogen) atoms. The van der Waals surface area contributed by atoms with Gasteiger partial charge in [-0.3, -0.25) is 0 Å². The molecule has 84 valence electrons. The van der Waals surface area contributed by atoms with Crippen molar-refractivity contribution in [3.8, 4) is 0 Å². The molecule has 1 unspecified atom stereocenters. The van der Waals surface area contributed by atoms with Gasteiger partial charge in [-0.25, -0.2) is 0 Å². The smallest absolute Gasteiger partial charge is 0.0300 e. The lowest BCUT2D eigenvalue weighted by molar-refractivity contribution is 0.650. The normalized spacial score (nSPS) is 21.0. The minimum Gasteiger partial charge on any atom is -0.311 e. The lowest BCUT2D eigenvalue weighted by Gasteiger charge is -2.08. The average Bonchev–Trinajstić information content (AvgIpc) is 2.88. The number of rotatable bonds is 5. The average molecular weight is 241 g/mol. The van der Waals surface area contributed by atoms with E-state index in [0.717, 1.165) is 11.8 Å². The first kappa shape index (κ1) is 11.5. The zero-order chi connectivity index (χ0) is 10.5. The Morgan fingerprint density at radius 3 is 2.93 bits per heavy atom. The molecule has 1 aromatic rings. The SMILES string of the molecule is CCc1ccc(CNCC2CCCS2)s1. The van der Waals surface area contributed by atoms with E-state index in [0.29, 0.717) is 0 Å². The van der Waals surface area contributed by atoms with E-state index in [-0.39, 0.29) is 0 Å². The van der Waals surface area contributed by atoms with Crippen LogP contribution >= 0.6 is 23.1 Å². The van der Waals surface area contributed by atoms with E-state index in [1.165, 1.54) is 41.3 Å². The first-order valence-electron chi connectivity index (χ1n) is 5.78. The quantitative estimate of drug-likeness (QED) is 0.849. The highest BCUT2D eigenvalue weighted by Crippen LogP contribution is 2.25. The standard InChI is InChI=1S/C12H19NS2/c1-2-10-5-6-12(15-10)9-13-8-11-4-3-7-14-11/h5-6,11,13H,2-4,7-9H2,1H3. The van der Waals surface area contributed by atoms with E-state index in [4.69, 9.17) is 0 Å². The molecule has 0 saturated carbocycles. The molecule has 3 heteroatoms. The van der Waals surface area contributed by atoms with Gasteiger partial charge in [-0.15, -0.1) is 11.3 Å². The lowest BCUT2D eigenvalue weighted by Crippen LogP contribution is -2.22.